The molecule has 0 radical (unpaired) electrons. The molecule has 0 fully saturated rings. The van der Waals surface area contributed by atoms with Gasteiger partial charge in [-0.1, -0.05) is 42.5 Å². The highest BCUT2D eigenvalue weighted by Gasteiger charge is 2.13. The monoisotopic (exact) mass is 424 g/mol. The van der Waals surface area contributed by atoms with E-state index in [1.54, 1.807) is 14.2 Å². The third-order valence-electron chi connectivity index (χ3n) is 5.33. The fourth-order valence-corrected chi connectivity index (χ4v) is 3.75. The minimum atomic E-state index is -0.421. The molecule has 32 heavy (non-hydrogen) atoms. The lowest BCUT2D eigenvalue weighted by Crippen LogP contribution is -1.98. The summed E-state index contributed by atoms with van der Waals surface area (Å²) < 4.78 is 22.3. The molecule has 0 aliphatic rings. The summed E-state index contributed by atoms with van der Waals surface area (Å²) in [7, 11) is 3.22. The SMILES string of the molecule is COc1cc(/C=C/c2cc(=O)oc3c2ccc2oc(-c4ccccc4)cc23)cc(OC)c1. The average molecular weight is 424 g/mol. The van der Waals surface area contributed by atoms with Gasteiger partial charge in [0.15, 0.2) is 0 Å². The summed E-state index contributed by atoms with van der Waals surface area (Å²) in [5.41, 5.74) is 3.35. The topological polar surface area (TPSA) is 61.8 Å². The van der Waals surface area contributed by atoms with Gasteiger partial charge in [-0.05, 0) is 41.5 Å². The lowest BCUT2D eigenvalue weighted by molar-refractivity contribution is 0.394. The Kier molecular flexibility index (Phi) is 5.00. The smallest absolute Gasteiger partial charge is 0.336 e. The van der Waals surface area contributed by atoms with Crippen LogP contribution in [0.4, 0.5) is 0 Å². The lowest BCUT2D eigenvalue weighted by atomic mass is 10.1. The molecule has 0 bridgehead atoms. The Hall–Kier alpha value is -4.25. The van der Waals surface area contributed by atoms with Crippen molar-refractivity contribution in [2.24, 2.45) is 0 Å². The van der Waals surface area contributed by atoms with Crippen LogP contribution in [-0.2, 0) is 0 Å². The lowest BCUT2D eigenvalue weighted by Gasteiger charge is -2.06. The van der Waals surface area contributed by atoms with Crippen molar-refractivity contribution >= 4 is 34.1 Å². The molecule has 0 saturated heterocycles. The Bertz CT molecular complexity index is 1480. The van der Waals surface area contributed by atoms with Crippen LogP contribution in [0.2, 0.25) is 0 Å². The Labute approximate surface area is 184 Å². The van der Waals surface area contributed by atoms with Crippen molar-refractivity contribution in [3.63, 3.8) is 0 Å². The van der Waals surface area contributed by atoms with Gasteiger partial charge in [-0.25, -0.2) is 4.79 Å². The Morgan fingerprint density at radius 1 is 0.750 bits per heavy atom. The molecule has 158 valence electrons. The molecule has 0 unspecified atom stereocenters. The average Bonchev–Trinajstić information content (AvgIpc) is 3.28. The number of fused-ring (bicyclic) bond motifs is 3. The van der Waals surface area contributed by atoms with E-state index in [0.29, 0.717) is 22.7 Å². The van der Waals surface area contributed by atoms with Crippen molar-refractivity contribution in [3.05, 3.63) is 94.3 Å². The first kappa shape index (κ1) is 19.7. The first-order chi connectivity index (χ1) is 15.6. The molecule has 0 atom stereocenters. The second-order valence-electron chi connectivity index (χ2n) is 7.33. The number of hydrogen-bond acceptors (Lipinski definition) is 5. The maximum atomic E-state index is 12.4. The zero-order valence-corrected chi connectivity index (χ0v) is 17.6. The van der Waals surface area contributed by atoms with Crippen molar-refractivity contribution in [1.82, 2.24) is 0 Å². The van der Waals surface area contributed by atoms with Crippen LogP contribution in [0.3, 0.4) is 0 Å². The zero-order chi connectivity index (χ0) is 22.1. The molecule has 5 aromatic rings. The normalized spacial score (nSPS) is 11.4. The highest BCUT2D eigenvalue weighted by atomic mass is 16.5. The van der Waals surface area contributed by atoms with Gasteiger partial charge in [0, 0.05) is 23.1 Å². The van der Waals surface area contributed by atoms with Gasteiger partial charge in [0.1, 0.15) is 28.4 Å². The minimum absolute atomic E-state index is 0.421. The van der Waals surface area contributed by atoms with E-state index in [4.69, 9.17) is 18.3 Å². The summed E-state index contributed by atoms with van der Waals surface area (Å²) >= 11 is 0. The summed E-state index contributed by atoms with van der Waals surface area (Å²) in [5.74, 6) is 2.10. The molecule has 5 nitrogen and oxygen atoms in total. The van der Waals surface area contributed by atoms with Crippen LogP contribution < -0.4 is 15.1 Å². The number of hydrogen-bond donors (Lipinski definition) is 0. The standard InChI is InChI=1S/C27H20O5/c1-29-20-12-17(13-21(15-20)30-2)8-9-19-14-26(28)32-27-22(19)10-11-24-23(27)16-25(31-24)18-6-4-3-5-7-18/h3-16H,1-2H3/b9-8+. The molecule has 2 heterocycles. The van der Waals surface area contributed by atoms with E-state index in [-0.39, 0.29) is 0 Å². The highest BCUT2D eigenvalue weighted by Crippen LogP contribution is 2.34. The predicted molar refractivity (Wildman–Crippen MR) is 126 cm³/mol. The minimum Gasteiger partial charge on any atom is -0.497 e. The van der Waals surface area contributed by atoms with Crippen LogP contribution in [0.1, 0.15) is 11.1 Å². The van der Waals surface area contributed by atoms with E-state index in [1.165, 1.54) is 6.07 Å². The third kappa shape index (κ3) is 3.65. The molecule has 0 amide bonds. The van der Waals surface area contributed by atoms with Crippen molar-refractivity contribution in [3.8, 4) is 22.8 Å². The second-order valence-corrected chi connectivity index (χ2v) is 7.33. The van der Waals surface area contributed by atoms with Gasteiger partial charge in [0.25, 0.3) is 0 Å². The fourth-order valence-electron chi connectivity index (χ4n) is 3.75. The van der Waals surface area contributed by atoms with Gasteiger partial charge >= 0.3 is 5.63 Å². The fraction of sp³-hybridized carbons (Fsp3) is 0.0741. The van der Waals surface area contributed by atoms with Crippen molar-refractivity contribution in [1.29, 1.82) is 0 Å². The number of ether oxygens (including phenoxy) is 2. The first-order valence-electron chi connectivity index (χ1n) is 10.1. The number of rotatable bonds is 5. The molecule has 5 rings (SSSR count). The Balaban J connectivity index is 1.63. The van der Waals surface area contributed by atoms with Crippen LogP contribution in [0.25, 0.3) is 45.4 Å². The largest absolute Gasteiger partial charge is 0.497 e. The quantitative estimate of drug-likeness (QED) is 0.306. The van der Waals surface area contributed by atoms with Crippen molar-refractivity contribution < 1.29 is 18.3 Å². The molecule has 0 N–H and O–H groups in total. The maximum Gasteiger partial charge on any atom is 0.336 e. The molecular weight excluding hydrogens is 404 g/mol. The molecule has 0 aliphatic heterocycles. The van der Waals surface area contributed by atoms with E-state index in [0.717, 1.165) is 33.2 Å². The van der Waals surface area contributed by atoms with E-state index in [1.807, 2.05) is 78.9 Å². The van der Waals surface area contributed by atoms with Crippen molar-refractivity contribution in [2.45, 2.75) is 0 Å². The van der Waals surface area contributed by atoms with E-state index < -0.39 is 5.63 Å². The van der Waals surface area contributed by atoms with Crippen LogP contribution in [0.5, 0.6) is 11.5 Å². The second kappa shape index (κ2) is 8.12. The summed E-state index contributed by atoms with van der Waals surface area (Å²) in [6.45, 7) is 0. The maximum absolute atomic E-state index is 12.4. The van der Waals surface area contributed by atoms with E-state index in [9.17, 15) is 4.79 Å². The first-order valence-corrected chi connectivity index (χ1v) is 10.1. The van der Waals surface area contributed by atoms with Gasteiger partial charge < -0.3 is 18.3 Å². The molecule has 5 heteroatoms. The summed E-state index contributed by atoms with van der Waals surface area (Å²) in [4.78, 5) is 12.4. The molecule has 0 saturated carbocycles. The molecule has 0 spiro atoms. The molecule has 3 aromatic carbocycles. The van der Waals surface area contributed by atoms with Gasteiger partial charge in [-0.3, -0.25) is 0 Å². The number of furan rings is 1. The number of methoxy groups -OCH3 is 2. The molecular formula is C27H20O5. The van der Waals surface area contributed by atoms with Crippen molar-refractivity contribution in [2.75, 3.05) is 14.2 Å². The Morgan fingerprint density at radius 2 is 1.50 bits per heavy atom. The third-order valence-corrected chi connectivity index (χ3v) is 5.33. The van der Waals surface area contributed by atoms with Crippen LogP contribution in [0, 0.1) is 0 Å². The van der Waals surface area contributed by atoms with Gasteiger partial charge in [0.2, 0.25) is 0 Å². The summed E-state index contributed by atoms with van der Waals surface area (Å²) in [5, 5.41) is 1.58. The van der Waals surface area contributed by atoms with Gasteiger partial charge in [-0.15, -0.1) is 0 Å². The van der Waals surface area contributed by atoms with Crippen LogP contribution in [-0.4, -0.2) is 14.2 Å². The Morgan fingerprint density at radius 3 is 2.22 bits per heavy atom. The number of benzene rings is 3. The van der Waals surface area contributed by atoms with E-state index >= 15 is 0 Å². The predicted octanol–water partition coefficient (Wildman–Crippen LogP) is 6.39. The highest BCUT2D eigenvalue weighted by molar-refractivity contribution is 6.06. The molecule has 0 aliphatic carbocycles. The van der Waals surface area contributed by atoms with Crippen LogP contribution >= 0.6 is 0 Å². The van der Waals surface area contributed by atoms with Crippen LogP contribution in [0.15, 0.2) is 86.4 Å². The van der Waals surface area contributed by atoms with Gasteiger partial charge in [-0.2, -0.15) is 0 Å². The zero-order valence-electron chi connectivity index (χ0n) is 17.6. The van der Waals surface area contributed by atoms with E-state index in [2.05, 4.69) is 0 Å². The summed E-state index contributed by atoms with van der Waals surface area (Å²) in [6, 6.07) is 22.6. The molecule has 2 aromatic heterocycles. The summed E-state index contributed by atoms with van der Waals surface area (Å²) in [6.07, 6.45) is 3.80. The van der Waals surface area contributed by atoms with Gasteiger partial charge in [0.05, 0.1) is 19.6 Å².